The summed E-state index contributed by atoms with van der Waals surface area (Å²) in [6.45, 7) is 8.87. The van der Waals surface area contributed by atoms with E-state index in [-0.39, 0.29) is 0 Å². The predicted octanol–water partition coefficient (Wildman–Crippen LogP) is 1.90. The normalized spacial score (nSPS) is 31.6. The number of hydrogen-bond donors (Lipinski definition) is 0. The number of likely N-dealkylation sites (tertiary alicyclic amines) is 2. The fourth-order valence-corrected chi connectivity index (χ4v) is 2.77. The molecular weight excluding hydrogens is 191 g/mol. The van der Waals surface area contributed by atoms with Crippen molar-refractivity contribution in [3.63, 3.8) is 0 Å². The van der Waals surface area contributed by atoms with Gasteiger partial charge in [0.1, 0.15) is 6.17 Å². The van der Waals surface area contributed by atoms with Crippen molar-refractivity contribution < 1.29 is 4.39 Å². The summed E-state index contributed by atoms with van der Waals surface area (Å²) in [5, 5.41) is 0. The van der Waals surface area contributed by atoms with E-state index in [9.17, 15) is 4.39 Å². The van der Waals surface area contributed by atoms with Crippen LogP contribution in [0.15, 0.2) is 0 Å². The molecule has 0 N–H and O–H groups in total. The summed E-state index contributed by atoms with van der Waals surface area (Å²) >= 11 is 0. The summed E-state index contributed by atoms with van der Waals surface area (Å²) in [5.74, 6) is 0. The van der Waals surface area contributed by atoms with Gasteiger partial charge in [-0.3, -0.25) is 9.80 Å². The Morgan fingerprint density at radius 2 is 1.73 bits per heavy atom. The van der Waals surface area contributed by atoms with Crippen LogP contribution in [-0.4, -0.2) is 54.2 Å². The summed E-state index contributed by atoms with van der Waals surface area (Å²) in [6.07, 6.45) is 2.23. The van der Waals surface area contributed by atoms with Crippen LogP contribution in [0.25, 0.3) is 0 Å². The molecule has 1 atom stereocenters. The molecule has 2 nitrogen and oxygen atoms in total. The van der Waals surface area contributed by atoms with E-state index in [0.29, 0.717) is 12.1 Å². The topological polar surface area (TPSA) is 6.48 Å². The first kappa shape index (κ1) is 11.3. The van der Waals surface area contributed by atoms with Gasteiger partial charge in [-0.2, -0.15) is 0 Å². The van der Waals surface area contributed by atoms with Gasteiger partial charge in [0, 0.05) is 38.3 Å². The quantitative estimate of drug-likeness (QED) is 0.693. The van der Waals surface area contributed by atoms with Crippen LogP contribution in [0.4, 0.5) is 4.39 Å². The van der Waals surface area contributed by atoms with E-state index < -0.39 is 6.17 Å². The van der Waals surface area contributed by atoms with Crippen molar-refractivity contribution in [1.82, 2.24) is 9.80 Å². The highest BCUT2D eigenvalue weighted by Crippen LogP contribution is 2.22. The minimum Gasteiger partial charge on any atom is -0.299 e. The highest BCUT2D eigenvalue weighted by atomic mass is 19.1. The minimum atomic E-state index is -0.538. The molecule has 1 unspecified atom stereocenters. The van der Waals surface area contributed by atoms with Crippen molar-refractivity contribution in [2.75, 3.05) is 26.2 Å². The van der Waals surface area contributed by atoms with Gasteiger partial charge in [0.15, 0.2) is 0 Å². The number of rotatable bonds is 2. The molecule has 0 amide bonds. The van der Waals surface area contributed by atoms with Crippen LogP contribution >= 0.6 is 0 Å². The number of halogens is 1. The van der Waals surface area contributed by atoms with Crippen LogP contribution in [0, 0.1) is 0 Å². The summed E-state index contributed by atoms with van der Waals surface area (Å²) in [5.41, 5.74) is 0. The zero-order chi connectivity index (χ0) is 10.8. The maximum Gasteiger partial charge on any atom is 0.103 e. The van der Waals surface area contributed by atoms with Crippen LogP contribution < -0.4 is 0 Å². The lowest BCUT2D eigenvalue weighted by molar-refractivity contribution is 0.110. The second-order valence-corrected chi connectivity index (χ2v) is 5.24. The SMILES string of the molecule is CC(C)N1CCC(N2CCC(F)CC2)C1. The number of nitrogens with zero attached hydrogens (tertiary/aromatic N) is 2. The Kier molecular flexibility index (Phi) is 3.62. The standard InChI is InChI=1S/C12H23FN2/c1-10(2)15-8-5-12(9-15)14-6-3-11(13)4-7-14/h10-12H,3-9H2,1-2H3. The van der Waals surface area contributed by atoms with E-state index >= 15 is 0 Å². The molecular formula is C12H23FN2. The molecule has 0 aromatic rings. The Morgan fingerprint density at radius 3 is 2.27 bits per heavy atom. The molecule has 2 fully saturated rings. The monoisotopic (exact) mass is 214 g/mol. The van der Waals surface area contributed by atoms with Gasteiger partial charge in [0.2, 0.25) is 0 Å². The third kappa shape index (κ3) is 2.70. The first-order chi connectivity index (χ1) is 7.16. The van der Waals surface area contributed by atoms with Crippen LogP contribution in [0.1, 0.15) is 33.1 Å². The average molecular weight is 214 g/mol. The van der Waals surface area contributed by atoms with Gasteiger partial charge in [-0.15, -0.1) is 0 Å². The smallest absolute Gasteiger partial charge is 0.103 e. The van der Waals surface area contributed by atoms with Crippen LogP contribution in [0.5, 0.6) is 0 Å². The lowest BCUT2D eigenvalue weighted by Crippen LogP contribution is -2.43. The van der Waals surface area contributed by atoms with Gasteiger partial charge in [-0.25, -0.2) is 4.39 Å². The summed E-state index contributed by atoms with van der Waals surface area (Å²) < 4.78 is 13.0. The number of piperidine rings is 1. The van der Waals surface area contributed by atoms with Crippen molar-refractivity contribution in [1.29, 1.82) is 0 Å². The van der Waals surface area contributed by atoms with Gasteiger partial charge in [0.05, 0.1) is 0 Å². The number of alkyl halides is 1. The van der Waals surface area contributed by atoms with Gasteiger partial charge in [-0.1, -0.05) is 0 Å². The van der Waals surface area contributed by atoms with Crippen molar-refractivity contribution >= 4 is 0 Å². The largest absolute Gasteiger partial charge is 0.299 e. The average Bonchev–Trinajstić information content (AvgIpc) is 2.68. The van der Waals surface area contributed by atoms with Crippen LogP contribution in [0.2, 0.25) is 0 Å². The second kappa shape index (κ2) is 4.79. The van der Waals surface area contributed by atoms with Crippen LogP contribution in [-0.2, 0) is 0 Å². The fraction of sp³-hybridized carbons (Fsp3) is 1.00. The van der Waals surface area contributed by atoms with E-state index in [0.717, 1.165) is 25.9 Å². The van der Waals surface area contributed by atoms with E-state index in [4.69, 9.17) is 0 Å². The van der Waals surface area contributed by atoms with Gasteiger partial charge in [0.25, 0.3) is 0 Å². The molecule has 0 aromatic carbocycles. The Hall–Kier alpha value is -0.150. The third-order valence-corrected chi connectivity index (χ3v) is 3.90. The minimum absolute atomic E-state index is 0.538. The first-order valence-corrected chi connectivity index (χ1v) is 6.29. The molecule has 3 heteroatoms. The molecule has 2 aliphatic rings. The highest BCUT2D eigenvalue weighted by Gasteiger charge is 2.31. The maximum atomic E-state index is 13.0. The summed E-state index contributed by atoms with van der Waals surface area (Å²) in [6, 6.07) is 1.36. The summed E-state index contributed by atoms with van der Waals surface area (Å²) in [7, 11) is 0. The second-order valence-electron chi connectivity index (χ2n) is 5.24. The van der Waals surface area contributed by atoms with E-state index in [1.54, 1.807) is 0 Å². The maximum absolute atomic E-state index is 13.0. The lowest BCUT2D eigenvalue weighted by Gasteiger charge is -2.34. The Morgan fingerprint density at radius 1 is 1.07 bits per heavy atom. The lowest BCUT2D eigenvalue weighted by atomic mass is 10.1. The Bertz CT molecular complexity index is 200. The molecule has 2 heterocycles. The third-order valence-electron chi connectivity index (χ3n) is 3.90. The van der Waals surface area contributed by atoms with Crippen molar-refractivity contribution in [3.8, 4) is 0 Å². The zero-order valence-corrected chi connectivity index (χ0v) is 9.95. The van der Waals surface area contributed by atoms with Crippen molar-refractivity contribution in [3.05, 3.63) is 0 Å². The van der Waals surface area contributed by atoms with Crippen molar-refractivity contribution in [2.45, 2.75) is 51.4 Å². The molecule has 2 aliphatic heterocycles. The summed E-state index contributed by atoms with van der Waals surface area (Å²) in [4.78, 5) is 5.03. The molecule has 0 saturated carbocycles. The first-order valence-electron chi connectivity index (χ1n) is 6.29. The molecule has 2 rings (SSSR count). The zero-order valence-electron chi connectivity index (χ0n) is 9.95. The van der Waals surface area contributed by atoms with E-state index in [1.165, 1.54) is 19.5 Å². The van der Waals surface area contributed by atoms with E-state index in [2.05, 4.69) is 23.6 Å². The molecule has 0 aromatic heterocycles. The van der Waals surface area contributed by atoms with Gasteiger partial charge < -0.3 is 0 Å². The molecule has 2 saturated heterocycles. The van der Waals surface area contributed by atoms with Gasteiger partial charge >= 0.3 is 0 Å². The molecule has 88 valence electrons. The Labute approximate surface area is 92.4 Å². The molecule has 0 aliphatic carbocycles. The van der Waals surface area contributed by atoms with Crippen LogP contribution in [0.3, 0.4) is 0 Å². The molecule has 15 heavy (non-hydrogen) atoms. The van der Waals surface area contributed by atoms with Crippen molar-refractivity contribution in [2.24, 2.45) is 0 Å². The molecule has 0 bridgehead atoms. The Balaban J connectivity index is 1.80. The molecule has 0 radical (unpaired) electrons. The van der Waals surface area contributed by atoms with Gasteiger partial charge in [-0.05, 0) is 33.1 Å². The molecule has 0 spiro atoms. The highest BCUT2D eigenvalue weighted by molar-refractivity contribution is 4.87. The predicted molar refractivity (Wildman–Crippen MR) is 60.8 cm³/mol. The number of hydrogen-bond acceptors (Lipinski definition) is 2. The fourth-order valence-electron chi connectivity index (χ4n) is 2.77. The van der Waals surface area contributed by atoms with E-state index in [1.807, 2.05) is 0 Å².